The first kappa shape index (κ1) is 31.2. The van der Waals surface area contributed by atoms with E-state index >= 15 is 0 Å². The monoisotopic (exact) mass is 733 g/mol. The normalized spacial score (nSPS) is 11.8. The molecule has 0 amide bonds. The molecule has 262 valence electrons. The quantitative estimate of drug-likeness (QED) is 0.171. The molecule has 5 heteroatoms. The van der Waals surface area contributed by atoms with Crippen molar-refractivity contribution in [1.82, 2.24) is 19.5 Å². The van der Waals surface area contributed by atoms with Crippen molar-refractivity contribution in [3.63, 3.8) is 0 Å². The van der Waals surface area contributed by atoms with Gasteiger partial charge in [0.05, 0.1) is 18.1 Å². The minimum atomic E-state index is 0.523. The average Bonchev–Trinajstić information content (AvgIpc) is 3.84. The maximum atomic E-state index is 8.62. The molecule has 0 saturated carbocycles. The van der Waals surface area contributed by atoms with Crippen molar-refractivity contribution in [2.45, 2.75) is 0 Å². The summed E-state index contributed by atoms with van der Waals surface area (Å²) in [5.41, 5.74) is 10.7. The number of nitrogens with zero attached hydrogens (tertiary/aromatic N) is 4. The number of rotatable bonds is 6. The number of thiophene rings is 1. The Morgan fingerprint density at radius 2 is 0.875 bits per heavy atom. The fourth-order valence-electron chi connectivity index (χ4n) is 7.95. The summed E-state index contributed by atoms with van der Waals surface area (Å²) in [7, 11) is 0. The predicted molar refractivity (Wildman–Crippen MR) is 234 cm³/mol. The van der Waals surface area contributed by atoms with Gasteiger partial charge in [-0.2, -0.15) is 0 Å². The van der Waals surface area contributed by atoms with Crippen molar-refractivity contribution in [2.24, 2.45) is 0 Å². The van der Waals surface area contributed by atoms with E-state index in [0.717, 1.165) is 64.8 Å². The second-order valence-electron chi connectivity index (χ2n) is 13.9. The lowest BCUT2D eigenvalue weighted by atomic mass is 10.0. The van der Waals surface area contributed by atoms with Crippen LogP contribution in [-0.4, -0.2) is 19.5 Å². The second-order valence-corrected chi connectivity index (χ2v) is 14.9. The fraction of sp³-hybridized carbons (Fsp3) is 0. The lowest BCUT2D eigenvalue weighted by Gasteiger charge is -2.14. The van der Waals surface area contributed by atoms with Crippen LogP contribution in [0.5, 0.6) is 0 Å². The summed E-state index contributed by atoms with van der Waals surface area (Å²) < 4.78 is 13.0. The zero-order chi connectivity index (χ0) is 37.9. The Morgan fingerprint density at radius 1 is 0.375 bits per heavy atom. The van der Waals surface area contributed by atoms with Gasteiger partial charge in [0.1, 0.15) is 0 Å². The molecule has 0 saturated heterocycles. The average molecular weight is 734 g/mol. The summed E-state index contributed by atoms with van der Waals surface area (Å²) in [6, 6.07) is 65.9. The number of hydrogen-bond acceptors (Lipinski definition) is 4. The van der Waals surface area contributed by atoms with Crippen LogP contribution >= 0.6 is 11.3 Å². The maximum Gasteiger partial charge on any atom is 0.165 e. The molecular formula is C51H32N4S. The molecule has 0 N–H and O–H groups in total. The van der Waals surface area contributed by atoms with Gasteiger partial charge in [-0.25, -0.2) is 15.0 Å². The molecule has 8 aromatic carbocycles. The Hall–Kier alpha value is -7.21. The third-order valence-electron chi connectivity index (χ3n) is 10.6. The van der Waals surface area contributed by atoms with Crippen LogP contribution in [0.4, 0.5) is 0 Å². The highest BCUT2D eigenvalue weighted by atomic mass is 32.1. The van der Waals surface area contributed by atoms with Gasteiger partial charge >= 0.3 is 0 Å². The van der Waals surface area contributed by atoms with Crippen molar-refractivity contribution < 1.29 is 1.37 Å². The van der Waals surface area contributed by atoms with E-state index in [-0.39, 0.29) is 0 Å². The van der Waals surface area contributed by atoms with Crippen LogP contribution in [0.3, 0.4) is 0 Å². The molecule has 4 nitrogen and oxygen atoms in total. The topological polar surface area (TPSA) is 43.6 Å². The van der Waals surface area contributed by atoms with Crippen LogP contribution in [-0.2, 0) is 0 Å². The minimum Gasteiger partial charge on any atom is -0.309 e. The molecule has 0 atom stereocenters. The van der Waals surface area contributed by atoms with Crippen molar-refractivity contribution in [3.8, 4) is 62.1 Å². The second kappa shape index (κ2) is 13.3. The van der Waals surface area contributed by atoms with Gasteiger partial charge < -0.3 is 4.57 Å². The SMILES string of the molecule is [2H]c1cccc2c1sc1c(-c3nc(-c4ccc(-c5ccccc5)cc4)nc(-c4ccc(-c5ccccc5-n5c6ccccc6c6ccccc65)cc4)n3)cccc12. The Morgan fingerprint density at radius 3 is 1.59 bits per heavy atom. The Balaban J connectivity index is 1.05. The van der Waals surface area contributed by atoms with E-state index in [4.69, 9.17) is 16.3 Å². The summed E-state index contributed by atoms with van der Waals surface area (Å²) in [5, 5.41) is 4.65. The van der Waals surface area contributed by atoms with Crippen LogP contribution in [0.25, 0.3) is 104 Å². The molecular weight excluding hydrogens is 701 g/mol. The molecule has 0 spiro atoms. The highest BCUT2D eigenvalue weighted by Crippen LogP contribution is 2.40. The fourth-order valence-corrected chi connectivity index (χ4v) is 9.12. The van der Waals surface area contributed by atoms with E-state index < -0.39 is 0 Å². The Labute approximate surface area is 329 Å². The first-order valence-electron chi connectivity index (χ1n) is 19.2. The van der Waals surface area contributed by atoms with Crippen LogP contribution in [0.15, 0.2) is 194 Å². The van der Waals surface area contributed by atoms with E-state index in [1.807, 2.05) is 18.2 Å². The summed E-state index contributed by atoms with van der Waals surface area (Å²) in [5.74, 6) is 1.81. The van der Waals surface area contributed by atoms with Crippen LogP contribution in [0.1, 0.15) is 1.37 Å². The molecule has 0 aliphatic rings. The maximum absolute atomic E-state index is 8.62. The zero-order valence-corrected chi connectivity index (χ0v) is 30.9. The van der Waals surface area contributed by atoms with Gasteiger partial charge in [-0.05, 0) is 47.0 Å². The molecule has 0 bridgehead atoms. The first-order chi connectivity index (χ1) is 28.2. The standard InChI is InChI=1S/C51H32N4S/c1-2-13-33(14-3-1)34-25-29-36(30-26-34)49-52-50(54-51(53-49)43-20-12-19-42-41-18-7-11-24-47(41)56-48(42)43)37-31-27-35(28-32-37)38-15-4-8-21-44(38)55-45-22-9-5-16-39(45)40-17-6-10-23-46(40)55/h1-32H/i24D. The molecule has 3 aromatic heterocycles. The van der Waals surface area contributed by atoms with Crippen molar-refractivity contribution in [2.75, 3.05) is 0 Å². The molecule has 11 aromatic rings. The van der Waals surface area contributed by atoms with Gasteiger partial charge in [-0.15, -0.1) is 11.3 Å². The van der Waals surface area contributed by atoms with Gasteiger partial charge in [0.15, 0.2) is 17.5 Å². The molecule has 56 heavy (non-hydrogen) atoms. The summed E-state index contributed by atoms with van der Waals surface area (Å²) >= 11 is 1.62. The highest BCUT2D eigenvalue weighted by molar-refractivity contribution is 7.26. The highest BCUT2D eigenvalue weighted by Gasteiger charge is 2.18. The zero-order valence-electron chi connectivity index (χ0n) is 31.1. The van der Waals surface area contributed by atoms with Gasteiger partial charge in [0, 0.05) is 53.2 Å². The van der Waals surface area contributed by atoms with Gasteiger partial charge in [-0.3, -0.25) is 0 Å². The molecule has 11 rings (SSSR count). The molecule has 3 heterocycles. The van der Waals surface area contributed by atoms with E-state index in [1.54, 1.807) is 11.3 Å². The number of aromatic nitrogens is 4. The van der Waals surface area contributed by atoms with E-state index in [1.165, 1.54) is 21.8 Å². The molecule has 0 fully saturated rings. The summed E-state index contributed by atoms with van der Waals surface area (Å²) in [4.78, 5) is 15.4. The molecule has 0 radical (unpaired) electrons. The molecule has 0 aliphatic heterocycles. The van der Waals surface area contributed by atoms with Crippen molar-refractivity contribution in [1.29, 1.82) is 0 Å². The largest absolute Gasteiger partial charge is 0.309 e. The van der Waals surface area contributed by atoms with Gasteiger partial charge in [0.2, 0.25) is 0 Å². The van der Waals surface area contributed by atoms with Gasteiger partial charge in [0.25, 0.3) is 0 Å². The van der Waals surface area contributed by atoms with E-state index in [9.17, 15) is 0 Å². The number of benzene rings is 8. The lowest BCUT2D eigenvalue weighted by molar-refractivity contribution is 1.08. The Bertz CT molecular complexity index is 3240. The van der Waals surface area contributed by atoms with Crippen molar-refractivity contribution in [3.05, 3.63) is 194 Å². The number of para-hydroxylation sites is 3. The van der Waals surface area contributed by atoms with Crippen LogP contribution in [0.2, 0.25) is 0 Å². The Kier molecular flexibility index (Phi) is 7.39. The lowest BCUT2D eigenvalue weighted by Crippen LogP contribution is -2.00. The van der Waals surface area contributed by atoms with Crippen LogP contribution < -0.4 is 0 Å². The van der Waals surface area contributed by atoms with E-state index in [2.05, 4.69) is 174 Å². The van der Waals surface area contributed by atoms with Gasteiger partial charge in [-0.1, -0.05) is 164 Å². The predicted octanol–water partition coefficient (Wildman–Crippen LogP) is 13.7. The summed E-state index contributed by atoms with van der Waals surface area (Å²) in [6.07, 6.45) is 0. The molecule has 0 unspecified atom stereocenters. The third-order valence-corrected chi connectivity index (χ3v) is 11.8. The number of fused-ring (bicyclic) bond motifs is 6. The van der Waals surface area contributed by atoms with E-state index in [0.29, 0.717) is 23.5 Å². The smallest absolute Gasteiger partial charge is 0.165 e. The summed E-state index contributed by atoms with van der Waals surface area (Å²) in [6.45, 7) is 0. The first-order valence-corrected chi connectivity index (χ1v) is 19.5. The van der Waals surface area contributed by atoms with Crippen molar-refractivity contribution >= 4 is 53.3 Å². The third kappa shape index (κ3) is 5.40. The minimum absolute atomic E-state index is 0.523. The number of hydrogen-bond donors (Lipinski definition) is 0. The molecule has 0 aliphatic carbocycles. The van der Waals surface area contributed by atoms with Crippen LogP contribution in [0, 0.1) is 0 Å².